The molecule has 0 radical (unpaired) electrons. The second kappa shape index (κ2) is 14.3. The minimum atomic E-state index is -0.598. The molecule has 3 aromatic rings. The lowest BCUT2D eigenvalue weighted by Gasteiger charge is -2.31. The van der Waals surface area contributed by atoms with Crippen LogP contribution in [0.4, 0.5) is 16.2 Å². The molecule has 2 amide bonds. The highest BCUT2D eigenvalue weighted by molar-refractivity contribution is 6.02. The molecule has 5 N–H and O–H groups in total. The van der Waals surface area contributed by atoms with Crippen LogP contribution in [0.3, 0.4) is 0 Å². The van der Waals surface area contributed by atoms with Gasteiger partial charge in [0.05, 0.1) is 13.2 Å². The number of carbonyl (C=O) groups excluding carboxylic acids is 2. The van der Waals surface area contributed by atoms with Crippen molar-refractivity contribution in [3.05, 3.63) is 88.5 Å². The maximum Gasteiger partial charge on any atom is 0.412 e. The second-order valence-electron chi connectivity index (χ2n) is 12.0. The number of anilines is 2. The Bertz CT molecular complexity index is 1510. The van der Waals surface area contributed by atoms with Gasteiger partial charge in [0.1, 0.15) is 11.4 Å². The maximum absolute atomic E-state index is 13.3. The van der Waals surface area contributed by atoms with E-state index in [2.05, 4.69) is 23.4 Å². The van der Waals surface area contributed by atoms with Crippen LogP contribution in [0, 0.1) is 13.8 Å². The molecule has 0 fully saturated rings. The first-order chi connectivity index (χ1) is 20.9. The largest absolute Gasteiger partial charge is 0.493 e. The molecule has 10 heteroatoms. The summed E-state index contributed by atoms with van der Waals surface area (Å²) >= 11 is 0. The first-order valence-corrected chi connectivity index (χ1v) is 15.0. The van der Waals surface area contributed by atoms with Crippen LogP contribution in [0.2, 0.25) is 0 Å². The Hall–Kier alpha value is -4.57. The summed E-state index contributed by atoms with van der Waals surface area (Å²) in [5.41, 5.74) is 12.2. The van der Waals surface area contributed by atoms with Gasteiger partial charge >= 0.3 is 6.09 Å². The van der Waals surface area contributed by atoms with E-state index in [9.17, 15) is 9.59 Å². The third kappa shape index (κ3) is 8.73. The van der Waals surface area contributed by atoms with Crippen LogP contribution in [0.25, 0.3) is 0 Å². The maximum atomic E-state index is 13.3. The van der Waals surface area contributed by atoms with Crippen LogP contribution in [0.5, 0.6) is 5.75 Å². The highest BCUT2D eigenvalue weighted by Gasteiger charge is 2.25. The van der Waals surface area contributed by atoms with Gasteiger partial charge in [-0.3, -0.25) is 10.1 Å². The summed E-state index contributed by atoms with van der Waals surface area (Å²) in [4.78, 5) is 27.3. The van der Waals surface area contributed by atoms with Crippen LogP contribution in [0.1, 0.15) is 67.9 Å². The quantitative estimate of drug-likeness (QED) is 0.0882. The number of nitrogens with zero attached hydrogens (tertiary/aromatic N) is 3. The molecular weight excluding hydrogens is 556 g/mol. The van der Waals surface area contributed by atoms with Crippen molar-refractivity contribution in [2.45, 2.75) is 72.4 Å². The molecule has 0 spiro atoms. The Labute approximate surface area is 260 Å². The van der Waals surface area contributed by atoms with Gasteiger partial charge in [0.2, 0.25) is 5.91 Å². The molecule has 0 saturated carbocycles. The minimum Gasteiger partial charge on any atom is -0.493 e. The van der Waals surface area contributed by atoms with Crippen molar-refractivity contribution in [3.63, 3.8) is 0 Å². The van der Waals surface area contributed by atoms with Gasteiger partial charge in [0, 0.05) is 29.9 Å². The fraction of sp³-hybridized carbons (Fsp3) is 0.382. The smallest absolute Gasteiger partial charge is 0.412 e. The summed E-state index contributed by atoms with van der Waals surface area (Å²) < 4.78 is 11.3. The number of hydrazine groups is 1. The number of aryl methyl sites for hydroxylation is 1. The summed E-state index contributed by atoms with van der Waals surface area (Å²) in [6, 6.07) is 19.0. The minimum absolute atomic E-state index is 0.0588. The van der Waals surface area contributed by atoms with E-state index in [1.54, 1.807) is 12.1 Å². The first kappa shape index (κ1) is 32.3. The number of rotatable bonds is 10. The van der Waals surface area contributed by atoms with Crippen molar-refractivity contribution < 1.29 is 19.1 Å². The van der Waals surface area contributed by atoms with Gasteiger partial charge in [-0.05, 0) is 100 Å². The molecule has 10 nitrogen and oxygen atoms in total. The van der Waals surface area contributed by atoms with Crippen LogP contribution in [0.15, 0.2) is 65.8 Å². The molecule has 1 aliphatic heterocycles. The number of hydrogen-bond donors (Lipinski definition) is 3. The molecule has 0 aromatic heterocycles. The molecule has 4 rings (SSSR count). The number of nitrogens with two attached hydrogens (primary N) is 2. The topological polar surface area (TPSA) is 136 Å². The number of carbonyl (C=O) groups is 2. The summed E-state index contributed by atoms with van der Waals surface area (Å²) in [7, 11) is 0. The molecule has 3 aromatic carbocycles. The van der Waals surface area contributed by atoms with Crippen LogP contribution >= 0.6 is 0 Å². The van der Waals surface area contributed by atoms with E-state index in [4.69, 9.17) is 21.1 Å². The van der Waals surface area contributed by atoms with Crippen molar-refractivity contribution in [1.82, 2.24) is 5.12 Å². The van der Waals surface area contributed by atoms with Crippen molar-refractivity contribution in [2.24, 2.45) is 16.7 Å². The fourth-order valence-corrected chi connectivity index (χ4v) is 5.13. The third-order valence-electron chi connectivity index (χ3n) is 7.33. The fourth-order valence-electron chi connectivity index (χ4n) is 5.13. The van der Waals surface area contributed by atoms with E-state index in [-0.39, 0.29) is 18.3 Å². The lowest BCUT2D eigenvalue weighted by atomic mass is 9.95. The van der Waals surface area contributed by atoms with Crippen molar-refractivity contribution in [2.75, 3.05) is 23.4 Å². The van der Waals surface area contributed by atoms with Crippen LogP contribution in [-0.4, -0.2) is 41.7 Å². The summed E-state index contributed by atoms with van der Waals surface area (Å²) in [6.07, 6.45) is 2.08. The predicted molar refractivity (Wildman–Crippen MR) is 175 cm³/mol. The number of amides is 2. The van der Waals surface area contributed by atoms with E-state index in [1.165, 1.54) is 10.7 Å². The van der Waals surface area contributed by atoms with Gasteiger partial charge in [-0.25, -0.2) is 15.8 Å². The molecule has 1 aliphatic rings. The van der Waals surface area contributed by atoms with Crippen LogP contribution < -0.4 is 26.5 Å². The van der Waals surface area contributed by atoms with Gasteiger partial charge in [-0.2, -0.15) is 0 Å². The van der Waals surface area contributed by atoms with Gasteiger partial charge in [-0.15, -0.1) is 5.10 Å². The zero-order valence-corrected chi connectivity index (χ0v) is 26.4. The number of amidine groups is 1. The highest BCUT2D eigenvalue weighted by Crippen LogP contribution is 2.31. The Balaban J connectivity index is 1.38. The lowest BCUT2D eigenvalue weighted by molar-refractivity contribution is -0.118. The Morgan fingerprint density at radius 1 is 1.07 bits per heavy atom. The van der Waals surface area contributed by atoms with Crippen LogP contribution in [-0.2, 0) is 22.5 Å². The zero-order chi connectivity index (χ0) is 31.9. The molecule has 234 valence electrons. The first-order valence-electron chi connectivity index (χ1n) is 15.0. The van der Waals surface area contributed by atoms with Gasteiger partial charge in [-0.1, -0.05) is 36.4 Å². The number of benzene rings is 3. The molecule has 0 saturated heterocycles. The predicted octanol–water partition coefficient (Wildman–Crippen LogP) is 5.79. The third-order valence-corrected chi connectivity index (χ3v) is 7.33. The van der Waals surface area contributed by atoms with Gasteiger partial charge in [0.25, 0.3) is 0 Å². The molecular formula is C34H44N6O4. The molecule has 0 aliphatic carbocycles. The molecule has 1 heterocycles. The zero-order valence-electron chi connectivity index (χ0n) is 26.4. The van der Waals surface area contributed by atoms with Crippen molar-refractivity contribution >= 4 is 29.2 Å². The van der Waals surface area contributed by atoms with Gasteiger partial charge in [0.15, 0.2) is 5.84 Å². The van der Waals surface area contributed by atoms with E-state index in [1.807, 2.05) is 75.1 Å². The number of nitrogens with one attached hydrogen (secondary N) is 1. The number of ether oxygens (including phenoxy) is 2. The second-order valence-corrected chi connectivity index (χ2v) is 12.0. The normalized spacial score (nSPS) is 13.2. The molecule has 0 bridgehead atoms. The average molecular weight is 601 g/mol. The van der Waals surface area contributed by atoms with E-state index >= 15 is 0 Å². The Kier molecular flexibility index (Phi) is 10.5. The summed E-state index contributed by atoms with van der Waals surface area (Å²) in [5, 5.41) is 8.44. The standard InChI is InChI=1S/C34H44N6O4/c1-23-11-6-17-30(24(23)2)43-20-10-18-31(41)39-19-9-15-27-28(14-8-16-29(27)39)32(35)38-40(36)22-25-12-7-13-26(21-25)37-33(42)44-34(3,4)5/h6-8,11-14,16-17,21H,9-10,15,18-20,22,36H2,1-5H3,(H2,35,38)(H,37,42). The monoisotopic (exact) mass is 600 g/mol. The van der Waals surface area contributed by atoms with Gasteiger partial charge < -0.3 is 20.1 Å². The molecule has 44 heavy (non-hydrogen) atoms. The Morgan fingerprint density at radius 2 is 1.82 bits per heavy atom. The summed E-state index contributed by atoms with van der Waals surface area (Å²) in [5.74, 6) is 7.42. The molecule has 0 unspecified atom stereocenters. The average Bonchev–Trinajstić information content (AvgIpc) is 2.95. The number of hydrazone groups is 1. The highest BCUT2D eigenvalue weighted by atomic mass is 16.6. The Morgan fingerprint density at radius 3 is 2.59 bits per heavy atom. The lowest BCUT2D eigenvalue weighted by Crippen LogP contribution is -2.37. The van der Waals surface area contributed by atoms with E-state index in [0.29, 0.717) is 31.7 Å². The molecule has 0 atom stereocenters. The number of hydrogen-bond acceptors (Lipinski definition) is 7. The number of fused-ring (bicyclic) bond motifs is 1. The van der Waals surface area contributed by atoms with Crippen molar-refractivity contribution in [3.8, 4) is 5.75 Å². The van der Waals surface area contributed by atoms with E-state index < -0.39 is 11.7 Å². The SMILES string of the molecule is Cc1cccc(OCCCC(=O)N2CCCc3c(/C(N)=N/N(N)Cc4cccc(NC(=O)OC(C)(C)C)c4)cccc32)c1C. The van der Waals surface area contributed by atoms with E-state index in [0.717, 1.165) is 46.5 Å². The van der Waals surface area contributed by atoms with Crippen molar-refractivity contribution in [1.29, 1.82) is 0 Å². The summed E-state index contributed by atoms with van der Waals surface area (Å²) in [6.45, 7) is 10.9.